The summed E-state index contributed by atoms with van der Waals surface area (Å²) in [7, 11) is 0. The maximum absolute atomic E-state index is 14.6. The lowest BCUT2D eigenvalue weighted by Crippen LogP contribution is -2.18. The molecule has 0 radical (unpaired) electrons. The van der Waals surface area contributed by atoms with E-state index in [2.05, 4.69) is 77.1 Å². The second kappa shape index (κ2) is 19.9. The van der Waals surface area contributed by atoms with E-state index in [9.17, 15) is 13.2 Å². The van der Waals surface area contributed by atoms with Crippen LogP contribution in [0.5, 0.6) is 0 Å². The number of halogens is 4. The molecule has 0 amide bonds. The van der Waals surface area contributed by atoms with E-state index in [1.54, 1.807) is 18.2 Å². The molecule has 0 aliphatic carbocycles. The molecule has 0 saturated carbocycles. The van der Waals surface area contributed by atoms with Crippen LogP contribution in [0.1, 0.15) is 5.56 Å². The van der Waals surface area contributed by atoms with Crippen molar-refractivity contribution in [3.63, 3.8) is 0 Å². The summed E-state index contributed by atoms with van der Waals surface area (Å²) in [6, 6.07) is 67.9. The Labute approximate surface area is 380 Å². The molecule has 0 atom stereocenters. The van der Waals surface area contributed by atoms with Gasteiger partial charge in [0.15, 0.2) is 0 Å². The van der Waals surface area contributed by atoms with Crippen molar-refractivity contribution in [1.29, 1.82) is 0 Å². The minimum Gasteiger partial charge on any atom is -0.309 e. The molecular weight excluding hydrogens is 870 g/mol. The first-order valence-electron chi connectivity index (χ1n) is 20.4. The molecule has 63 heavy (non-hydrogen) atoms. The van der Waals surface area contributed by atoms with Crippen LogP contribution in [0.25, 0.3) is 33.4 Å². The lowest BCUT2D eigenvalue weighted by Gasteiger charge is -2.32. The highest BCUT2D eigenvalue weighted by Crippen LogP contribution is 2.50. The molecule has 8 rings (SSSR count). The molecule has 0 spiro atoms. The Hall–Kier alpha value is -6.80. The van der Waals surface area contributed by atoms with Gasteiger partial charge in [0.25, 0.3) is 0 Å². The van der Waals surface area contributed by atoms with Crippen LogP contribution >= 0.6 is 27.7 Å². The zero-order valence-electron chi connectivity index (χ0n) is 34.2. The van der Waals surface area contributed by atoms with Gasteiger partial charge in [0, 0.05) is 27.7 Å². The van der Waals surface area contributed by atoms with Crippen LogP contribution in [-0.4, -0.2) is 5.51 Å². The van der Waals surface area contributed by atoms with Crippen molar-refractivity contribution in [2.24, 2.45) is 0 Å². The van der Waals surface area contributed by atoms with Gasteiger partial charge in [0.1, 0.15) is 0 Å². The molecule has 0 N–H and O–H groups in total. The minimum absolute atomic E-state index is 0.0274. The van der Waals surface area contributed by atoms with Gasteiger partial charge in [-0.1, -0.05) is 176 Å². The molecule has 0 aromatic heterocycles. The number of benzene rings is 8. The SMILES string of the molecule is C=C/C=C(\C=C/Cc1ccccc1)N(c1ccc(-c2ccccc2)cc1)c1cc(SC(F)(F)F)cc(N(c2ccc(-c3ccccc3)cc2)c2ccc(-c3ccccc3)cc2)c1Br. The van der Waals surface area contributed by atoms with Crippen LogP contribution in [-0.2, 0) is 6.42 Å². The molecule has 0 unspecified atom stereocenters. The summed E-state index contributed by atoms with van der Waals surface area (Å²) in [4.78, 5) is 4.02. The van der Waals surface area contributed by atoms with Crippen molar-refractivity contribution < 1.29 is 13.2 Å². The van der Waals surface area contributed by atoms with Crippen LogP contribution in [0.2, 0.25) is 0 Å². The van der Waals surface area contributed by atoms with Crippen LogP contribution < -0.4 is 9.80 Å². The summed E-state index contributed by atoms with van der Waals surface area (Å²) in [5, 5.41) is 0. The number of hydrogen-bond acceptors (Lipinski definition) is 3. The van der Waals surface area contributed by atoms with Crippen molar-refractivity contribution in [1.82, 2.24) is 0 Å². The summed E-state index contributed by atoms with van der Waals surface area (Å²) in [5.41, 5.74) is 6.83. The van der Waals surface area contributed by atoms with E-state index in [1.165, 1.54) is 0 Å². The summed E-state index contributed by atoms with van der Waals surface area (Å²) >= 11 is 3.88. The third-order valence-electron chi connectivity index (χ3n) is 10.5. The first kappa shape index (κ1) is 42.9. The molecule has 0 aliphatic heterocycles. The zero-order chi connectivity index (χ0) is 43.6. The Bertz CT molecular complexity index is 2730. The van der Waals surface area contributed by atoms with E-state index >= 15 is 0 Å². The van der Waals surface area contributed by atoms with Crippen molar-refractivity contribution in [3.05, 3.63) is 253 Å². The quantitative estimate of drug-likeness (QED) is 0.0793. The average molecular weight is 912 g/mol. The molecule has 8 aromatic rings. The third-order valence-corrected chi connectivity index (χ3v) is 12.0. The lowest BCUT2D eigenvalue weighted by atomic mass is 10.0. The molecule has 7 heteroatoms. The van der Waals surface area contributed by atoms with E-state index in [0.717, 1.165) is 56.0 Å². The van der Waals surface area contributed by atoms with Gasteiger partial charge >= 0.3 is 5.51 Å². The second-order valence-corrected chi connectivity index (χ2v) is 16.6. The lowest BCUT2D eigenvalue weighted by molar-refractivity contribution is -0.0328. The summed E-state index contributed by atoms with van der Waals surface area (Å²) in [6.45, 7) is 4.05. The zero-order valence-corrected chi connectivity index (χ0v) is 36.6. The van der Waals surface area contributed by atoms with Gasteiger partial charge in [-0.2, -0.15) is 13.2 Å². The van der Waals surface area contributed by atoms with Gasteiger partial charge < -0.3 is 9.80 Å². The van der Waals surface area contributed by atoms with E-state index in [0.29, 0.717) is 28.0 Å². The number of nitrogens with zero attached hydrogens (tertiary/aromatic N) is 2. The summed E-state index contributed by atoms with van der Waals surface area (Å²) in [6.07, 6.45) is 8.29. The van der Waals surface area contributed by atoms with E-state index in [1.807, 2.05) is 168 Å². The van der Waals surface area contributed by atoms with Gasteiger partial charge in [-0.15, -0.1) is 0 Å². The first-order valence-corrected chi connectivity index (χ1v) is 22.0. The number of anilines is 5. The van der Waals surface area contributed by atoms with Crippen molar-refractivity contribution >= 4 is 56.1 Å². The summed E-state index contributed by atoms with van der Waals surface area (Å²) < 4.78 is 44.4. The van der Waals surface area contributed by atoms with E-state index in [-0.39, 0.29) is 16.7 Å². The van der Waals surface area contributed by atoms with Gasteiger partial charge in [0.05, 0.1) is 15.8 Å². The molecule has 2 nitrogen and oxygen atoms in total. The smallest absolute Gasteiger partial charge is 0.309 e. The monoisotopic (exact) mass is 910 g/mol. The van der Waals surface area contributed by atoms with Crippen molar-refractivity contribution in [2.75, 3.05) is 9.80 Å². The predicted octanol–water partition coefficient (Wildman–Crippen LogP) is 17.5. The fourth-order valence-corrected chi connectivity index (χ4v) is 8.69. The van der Waals surface area contributed by atoms with Crippen LogP contribution in [0.3, 0.4) is 0 Å². The maximum Gasteiger partial charge on any atom is 0.446 e. The Balaban J connectivity index is 1.33. The maximum atomic E-state index is 14.6. The first-order chi connectivity index (χ1) is 30.7. The largest absolute Gasteiger partial charge is 0.446 e. The Morgan fingerprint density at radius 1 is 0.524 bits per heavy atom. The molecule has 8 aromatic carbocycles. The fourth-order valence-electron chi connectivity index (χ4n) is 7.50. The van der Waals surface area contributed by atoms with Crippen LogP contribution in [0.4, 0.5) is 41.6 Å². The number of thioether (sulfide) groups is 1. The van der Waals surface area contributed by atoms with Crippen LogP contribution in [0, 0.1) is 0 Å². The third kappa shape index (κ3) is 10.6. The highest BCUT2D eigenvalue weighted by molar-refractivity contribution is 9.10. The number of allylic oxidation sites excluding steroid dienone is 4. The highest BCUT2D eigenvalue weighted by atomic mass is 79.9. The Kier molecular flexibility index (Phi) is 13.6. The Morgan fingerprint density at radius 2 is 0.921 bits per heavy atom. The predicted molar refractivity (Wildman–Crippen MR) is 263 cm³/mol. The van der Waals surface area contributed by atoms with Gasteiger partial charge in [-0.25, -0.2) is 0 Å². The minimum atomic E-state index is -4.56. The molecule has 0 saturated heterocycles. The Morgan fingerprint density at radius 3 is 1.35 bits per heavy atom. The van der Waals surface area contributed by atoms with Crippen molar-refractivity contribution in [2.45, 2.75) is 16.8 Å². The summed E-state index contributed by atoms with van der Waals surface area (Å²) in [5.74, 6) is 0. The van der Waals surface area contributed by atoms with Gasteiger partial charge in [-0.05, 0) is 134 Å². The standard InChI is InChI=1S/C56H42BrF3N2S/c1-2-16-48(26-15-19-41-17-7-3-8-18-41)61(49-33-27-45(28-34-49)42-20-9-4-10-21-42)53-39-52(63-56(58,59)60)40-54(55(53)57)62(50-35-29-46(30-36-50)43-22-11-5-12-23-43)51-37-31-47(32-38-51)44-24-13-6-14-25-44/h2-18,20-40H,1,19H2/b26-15-,48-16+. The van der Waals surface area contributed by atoms with E-state index in [4.69, 9.17) is 0 Å². The molecule has 0 aliphatic rings. The fraction of sp³-hybridized carbons (Fsp3) is 0.0357. The topological polar surface area (TPSA) is 6.48 Å². The van der Waals surface area contributed by atoms with Crippen LogP contribution in [0.15, 0.2) is 252 Å². The second-order valence-electron chi connectivity index (χ2n) is 14.7. The molecular formula is C56H42BrF3N2S. The van der Waals surface area contributed by atoms with Gasteiger partial charge in [-0.3, -0.25) is 0 Å². The average Bonchev–Trinajstić information content (AvgIpc) is 3.32. The molecule has 0 bridgehead atoms. The molecule has 310 valence electrons. The van der Waals surface area contributed by atoms with E-state index < -0.39 is 5.51 Å². The number of rotatable bonds is 14. The van der Waals surface area contributed by atoms with Crippen molar-refractivity contribution in [3.8, 4) is 33.4 Å². The molecule has 0 fully saturated rings. The highest BCUT2D eigenvalue weighted by Gasteiger charge is 2.32. The number of hydrogen-bond donors (Lipinski definition) is 0. The molecule has 0 heterocycles. The number of alkyl halides is 3. The normalized spacial score (nSPS) is 11.7. The van der Waals surface area contributed by atoms with Gasteiger partial charge in [0.2, 0.25) is 0 Å².